The van der Waals surface area contributed by atoms with Crippen molar-refractivity contribution in [2.75, 3.05) is 6.61 Å². The van der Waals surface area contributed by atoms with Crippen LogP contribution in [0.3, 0.4) is 0 Å². The molecule has 0 spiro atoms. The SMILES string of the molecule is CCOC(=O)CC1=C/C(=C\c2ccc(-c3ccccc3)cc2)c2ccc(F)cc21. The van der Waals surface area contributed by atoms with Crippen molar-refractivity contribution in [2.24, 2.45) is 0 Å². The van der Waals surface area contributed by atoms with Crippen LogP contribution in [-0.2, 0) is 9.53 Å². The molecule has 144 valence electrons. The van der Waals surface area contributed by atoms with E-state index in [0.29, 0.717) is 6.61 Å². The monoisotopic (exact) mass is 384 g/mol. The molecule has 3 aromatic carbocycles. The van der Waals surface area contributed by atoms with Crippen LogP contribution in [0.2, 0.25) is 0 Å². The molecular weight excluding hydrogens is 363 g/mol. The molecule has 0 saturated heterocycles. The van der Waals surface area contributed by atoms with Gasteiger partial charge in [0.15, 0.2) is 0 Å². The van der Waals surface area contributed by atoms with Crippen molar-refractivity contribution in [3.63, 3.8) is 0 Å². The number of benzene rings is 3. The number of ether oxygens (including phenoxy) is 1. The van der Waals surface area contributed by atoms with Gasteiger partial charge in [-0.3, -0.25) is 4.79 Å². The van der Waals surface area contributed by atoms with Gasteiger partial charge in [0.2, 0.25) is 0 Å². The molecule has 29 heavy (non-hydrogen) atoms. The number of rotatable bonds is 5. The fourth-order valence-electron chi connectivity index (χ4n) is 3.59. The number of carbonyl (C=O) groups excluding carboxylic acids is 1. The van der Waals surface area contributed by atoms with Crippen LogP contribution in [0.5, 0.6) is 0 Å². The minimum atomic E-state index is -0.313. The van der Waals surface area contributed by atoms with E-state index in [4.69, 9.17) is 4.74 Å². The minimum absolute atomic E-state index is 0.134. The van der Waals surface area contributed by atoms with E-state index in [1.54, 1.807) is 13.0 Å². The molecule has 0 N–H and O–H groups in total. The third kappa shape index (κ3) is 4.19. The lowest BCUT2D eigenvalue weighted by molar-refractivity contribution is -0.141. The van der Waals surface area contributed by atoms with Gasteiger partial charge in [-0.15, -0.1) is 0 Å². The third-order valence-electron chi connectivity index (χ3n) is 4.95. The van der Waals surface area contributed by atoms with Crippen molar-refractivity contribution in [1.82, 2.24) is 0 Å². The smallest absolute Gasteiger partial charge is 0.310 e. The number of hydrogen-bond donors (Lipinski definition) is 0. The Labute approximate surface area is 170 Å². The molecule has 0 amide bonds. The van der Waals surface area contributed by atoms with E-state index in [0.717, 1.165) is 33.4 Å². The summed E-state index contributed by atoms with van der Waals surface area (Å²) in [7, 11) is 0. The zero-order chi connectivity index (χ0) is 20.2. The van der Waals surface area contributed by atoms with E-state index in [-0.39, 0.29) is 18.2 Å². The summed E-state index contributed by atoms with van der Waals surface area (Å²) in [4.78, 5) is 12.0. The second-order valence-corrected chi connectivity index (χ2v) is 6.93. The Kier molecular flexibility index (Phi) is 5.39. The Hall–Kier alpha value is -3.46. The van der Waals surface area contributed by atoms with Gasteiger partial charge in [0.1, 0.15) is 5.82 Å². The molecule has 0 aromatic heterocycles. The molecule has 1 aliphatic carbocycles. The highest BCUT2D eigenvalue weighted by molar-refractivity contribution is 6.04. The zero-order valence-corrected chi connectivity index (χ0v) is 16.2. The number of hydrogen-bond acceptors (Lipinski definition) is 2. The quantitative estimate of drug-likeness (QED) is 0.477. The summed E-state index contributed by atoms with van der Waals surface area (Å²) < 4.78 is 18.9. The zero-order valence-electron chi connectivity index (χ0n) is 16.2. The third-order valence-corrected chi connectivity index (χ3v) is 4.95. The summed E-state index contributed by atoms with van der Waals surface area (Å²) in [6.45, 7) is 2.11. The second kappa shape index (κ2) is 8.27. The van der Waals surface area contributed by atoms with E-state index in [1.165, 1.54) is 17.7 Å². The van der Waals surface area contributed by atoms with Crippen LogP contribution in [-0.4, -0.2) is 12.6 Å². The van der Waals surface area contributed by atoms with Gasteiger partial charge in [-0.05, 0) is 70.2 Å². The van der Waals surface area contributed by atoms with Crippen molar-refractivity contribution in [2.45, 2.75) is 13.3 Å². The first kappa shape index (κ1) is 18.9. The van der Waals surface area contributed by atoms with Crippen LogP contribution in [0.1, 0.15) is 30.0 Å². The highest BCUT2D eigenvalue weighted by Crippen LogP contribution is 2.38. The standard InChI is InChI=1S/C26H21FO2/c1-2-29-26(28)16-22-15-21(24-13-12-23(27)17-25(22)24)14-18-8-10-20(11-9-18)19-6-4-3-5-7-19/h3-15,17H,2,16H2,1H3/b21-14+. The summed E-state index contributed by atoms with van der Waals surface area (Å²) >= 11 is 0. The van der Waals surface area contributed by atoms with Crippen molar-refractivity contribution in [3.05, 3.63) is 101 Å². The van der Waals surface area contributed by atoms with E-state index in [1.807, 2.05) is 24.3 Å². The minimum Gasteiger partial charge on any atom is -0.466 e. The number of esters is 1. The fourth-order valence-corrected chi connectivity index (χ4v) is 3.59. The molecular formula is C26H21FO2. The molecule has 4 rings (SSSR count). The fraction of sp³-hybridized carbons (Fsp3) is 0.115. The van der Waals surface area contributed by atoms with Gasteiger partial charge >= 0.3 is 5.97 Å². The Balaban J connectivity index is 1.66. The van der Waals surface area contributed by atoms with E-state index in [2.05, 4.69) is 42.5 Å². The maximum absolute atomic E-state index is 13.8. The van der Waals surface area contributed by atoms with Gasteiger partial charge in [0.05, 0.1) is 13.0 Å². The van der Waals surface area contributed by atoms with Crippen LogP contribution in [0.15, 0.2) is 78.9 Å². The van der Waals surface area contributed by atoms with Crippen LogP contribution in [0, 0.1) is 5.82 Å². The van der Waals surface area contributed by atoms with Gasteiger partial charge in [-0.25, -0.2) is 4.39 Å². The first-order chi connectivity index (χ1) is 14.1. The molecule has 0 unspecified atom stereocenters. The normalized spacial score (nSPS) is 13.9. The lowest BCUT2D eigenvalue weighted by Gasteiger charge is -2.06. The predicted octanol–water partition coefficient (Wildman–Crippen LogP) is 6.38. The predicted molar refractivity (Wildman–Crippen MR) is 115 cm³/mol. The first-order valence-electron chi connectivity index (χ1n) is 9.67. The molecule has 0 bridgehead atoms. The van der Waals surface area contributed by atoms with E-state index < -0.39 is 0 Å². The summed E-state index contributed by atoms with van der Waals surface area (Å²) in [5.41, 5.74) is 6.80. The van der Waals surface area contributed by atoms with Crippen molar-refractivity contribution in [1.29, 1.82) is 0 Å². The van der Waals surface area contributed by atoms with Crippen molar-refractivity contribution < 1.29 is 13.9 Å². The lowest BCUT2D eigenvalue weighted by Crippen LogP contribution is -2.04. The molecule has 0 saturated carbocycles. The Morgan fingerprint density at radius 3 is 2.38 bits per heavy atom. The summed E-state index contributed by atoms with van der Waals surface area (Å²) in [5, 5.41) is 0. The Morgan fingerprint density at radius 1 is 0.931 bits per heavy atom. The van der Waals surface area contributed by atoms with Crippen LogP contribution in [0.4, 0.5) is 4.39 Å². The molecule has 0 aliphatic heterocycles. The number of halogens is 1. The molecule has 2 nitrogen and oxygen atoms in total. The maximum Gasteiger partial charge on any atom is 0.310 e. The number of carbonyl (C=O) groups is 1. The van der Waals surface area contributed by atoms with Crippen molar-refractivity contribution >= 4 is 23.2 Å². The molecule has 3 heteroatoms. The van der Waals surface area contributed by atoms with E-state index >= 15 is 0 Å². The molecule has 0 radical (unpaired) electrons. The molecule has 0 fully saturated rings. The van der Waals surface area contributed by atoms with Crippen LogP contribution < -0.4 is 0 Å². The molecule has 1 aliphatic rings. The molecule has 3 aromatic rings. The summed E-state index contributed by atoms with van der Waals surface area (Å²) in [6.07, 6.45) is 4.14. The van der Waals surface area contributed by atoms with Crippen LogP contribution >= 0.6 is 0 Å². The lowest BCUT2D eigenvalue weighted by atomic mass is 10.00. The average molecular weight is 384 g/mol. The van der Waals surface area contributed by atoms with Gasteiger partial charge in [0.25, 0.3) is 0 Å². The largest absolute Gasteiger partial charge is 0.466 e. The molecule has 0 heterocycles. The maximum atomic E-state index is 13.8. The topological polar surface area (TPSA) is 26.3 Å². The van der Waals surface area contributed by atoms with Gasteiger partial charge in [0, 0.05) is 0 Å². The number of fused-ring (bicyclic) bond motifs is 1. The van der Waals surface area contributed by atoms with Gasteiger partial charge < -0.3 is 4.74 Å². The highest BCUT2D eigenvalue weighted by Gasteiger charge is 2.21. The Bertz CT molecular complexity index is 1090. The summed E-state index contributed by atoms with van der Waals surface area (Å²) in [5.74, 6) is -0.616. The highest BCUT2D eigenvalue weighted by atomic mass is 19.1. The second-order valence-electron chi connectivity index (χ2n) is 6.93. The first-order valence-corrected chi connectivity index (χ1v) is 9.67. The number of allylic oxidation sites excluding steroid dienone is 2. The Morgan fingerprint density at radius 2 is 1.66 bits per heavy atom. The van der Waals surface area contributed by atoms with E-state index in [9.17, 15) is 9.18 Å². The molecule has 0 atom stereocenters. The van der Waals surface area contributed by atoms with Crippen molar-refractivity contribution in [3.8, 4) is 11.1 Å². The van der Waals surface area contributed by atoms with Gasteiger partial charge in [-0.1, -0.05) is 60.7 Å². The average Bonchev–Trinajstić information content (AvgIpc) is 3.05. The summed E-state index contributed by atoms with van der Waals surface area (Å²) in [6, 6.07) is 23.2. The van der Waals surface area contributed by atoms with Crippen LogP contribution in [0.25, 0.3) is 28.3 Å². The van der Waals surface area contributed by atoms with Gasteiger partial charge in [-0.2, -0.15) is 0 Å².